The van der Waals surface area contributed by atoms with Crippen LogP contribution in [-0.2, 0) is 6.54 Å². The van der Waals surface area contributed by atoms with Gasteiger partial charge in [0.15, 0.2) is 0 Å². The standard InChI is InChI=1S/C16H17ClFN/c1-3-19-10-12-4-6-14(15(17)9-12)13-5-7-16(18)11(2)8-13/h4-9,19H,3,10H2,1-2H3. The molecule has 0 amide bonds. The Bertz CT molecular complexity index is 581. The van der Waals surface area contributed by atoms with Crippen LogP contribution in [0.15, 0.2) is 36.4 Å². The van der Waals surface area contributed by atoms with Crippen LogP contribution in [0.5, 0.6) is 0 Å². The summed E-state index contributed by atoms with van der Waals surface area (Å²) in [5, 5.41) is 3.96. The lowest BCUT2D eigenvalue weighted by Gasteiger charge is -2.09. The quantitative estimate of drug-likeness (QED) is 0.864. The number of halogens is 2. The van der Waals surface area contributed by atoms with E-state index in [2.05, 4.69) is 12.2 Å². The molecule has 0 aliphatic carbocycles. The molecule has 0 radical (unpaired) electrons. The lowest BCUT2D eigenvalue weighted by molar-refractivity contribution is 0.619. The van der Waals surface area contributed by atoms with E-state index in [-0.39, 0.29) is 5.82 Å². The Hall–Kier alpha value is -1.38. The monoisotopic (exact) mass is 277 g/mol. The summed E-state index contributed by atoms with van der Waals surface area (Å²) in [6.45, 7) is 5.55. The fourth-order valence-electron chi connectivity index (χ4n) is 1.98. The largest absolute Gasteiger partial charge is 0.313 e. The summed E-state index contributed by atoms with van der Waals surface area (Å²) < 4.78 is 13.3. The minimum absolute atomic E-state index is 0.191. The summed E-state index contributed by atoms with van der Waals surface area (Å²) in [5.41, 5.74) is 3.66. The lowest BCUT2D eigenvalue weighted by atomic mass is 10.0. The molecule has 0 saturated heterocycles. The summed E-state index contributed by atoms with van der Waals surface area (Å²) in [4.78, 5) is 0. The Kier molecular flexibility index (Phi) is 4.56. The fourth-order valence-corrected chi connectivity index (χ4v) is 2.30. The second-order valence-corrected chi connectivity index (χ2v) is 4.97. The molecular formula is C16H17ClFN. The molecule has 0 aliphatic rings. The van der Waals surface area contributed by atoms with Gasteiger partial charge in [-0.05, 0) is 48.4 Å². The first-order valence-electron chi connectivity index (χ1n) is 6.37. The van der Waals surface area contributed by atoms with Crippen LogP contribution in [0.4, 0.5) is 4.39 Å². The number of hydrogen-bond donors (Lipinski definition) is 1. The summed E-state index contributed by atoms with van der Waals surface area (Å²) >= 11 is 6.31. The molecule has 1 nitrogen and oxygen atoms in total. The third-order valence-electron chi connectivity index (χ3n) is 3.08. The van der Waals surface area contributed by atoms with Crippen molar-refractivity contribution in [3.05, 3.63) is 58.4 Å². The number of rotatable bonds is 4. The highest BCUT2D eigenvalue weighted by Crippen LogP contribution is 2.29. The van der Waals surface area contributed by atoms with Crippen LogP contribution in [0.2, 0.25) is 5.02 Å². The summed E-state index contributed by atoms with van der Waals surface area (Å²) in [6.07, 6.45) is 0. The summed E-state index contributed by atoms with van der Waals surface area (Å²) in [6, 6.07) is 11.0. The maximum atomic E-state index is 13.3. The zero-order valence-corrected chi connectivity index (χ0v) is 11.9. The molecular weight excluding hydrogens is 261 g/mol. The Morgan fingerprint density at radius 3 is 2.58 bits per heavy atom. The van der Waals surface area contributed by atoms with Gasteiger partial charge in [-0.1, -0.05) is 36.7 Å². The van der Waals surface area contributed by atoms with Crippen molar-refractivity contribution in [1.82, 2.24) is 5.32 Å². The van der Waals surface area contributed by atoms with Crippen molar-refractivity contribution >= 4 is 11.6 Å². The van der Waals surface area contributed by atoms with Gasteiger partial charge >= 0.3 is 0 Å². The van der Waals surface area contributed by atoms with Crippen molar-refractivity contribution in [2.24, 2.45) is 0 Å². The Labute approximate surface area is 118 Å². The van der Waals surface area contributed by atoms with Crippen LogP contribution in [-0.4, -0.2) is 6.54 Å². The van der Waals surface area contributed by atoms with Crippen molar-refractivity contribution in [2.75, 3.05) is 6.54 Å². The normalized spacial score (nSPS) is 10.7. The third kappa shape index (κ3) is 3.34. The van der Waals surface area contributed by atoms with Crippen LogP contribution >= 0.6 is 11.6 Å². The van der Waals surface area contributed by atoms with E-state index in [0.29, 0.717) is 10.6 Å². The first kappa shape index (κ1) is 14.0. The zero-order valence-electron chi connectivity index (χ0n) is 11.1. The van der Waals surface area contributed by atoms with Gasteiger partial charge in [-0.15, -0.1) is 0 Å². The topological polar surface area (TPSA) is 12.0 Å². The molecule has 0 bridgehead atoms. The van der Waals surface area contributed by atoms with Gasteiger partial charge < -0.3 is 5.32 Å². The Balaban J connectivity index is 2.32. The van der Waals surface area contributed by atoms with Gasteiger partial charge in [0.05, 0.1) is 0 Å². The zero-order chi connectivity index (χ0) is 13.8. The first-order chi connectivity index (χ1) is 9.11. The van der Waals surface area contributed by atoms with Gasteiger partial charge in [-0.25, -0.2) is 4.39 Å². The SMILES string of the molecule is CCNCc1ccc(-c2ccc(F)c(C)c2)c(Cl)c1. The molecule has 0 aromatic heterocycles. The Morgan fingerprint density at radius 1 is 1.16 bits per heavy atom. The van der Waals surface area contributed by atoms with Crippen LogP contribution in [0.3, 0.4) is 0 Å². The first-order valence-corrected chi connectivity index (χ1v) is 6.75. The molecule has 0 heterocycles. The van der Waals surface area contributed by atoms with Gasteiger partial charge in [-0.3, -0.25) is 0 Å². The van der Waals surface area contributed by atoms with E-state index in [1.165, 1.54) is 6.07 Å². The predicted octanol–water partition coefficient (Wildman–Crippen LogP) is 4.56. The molecule has 0 fully saturated rings. The van der Waals surface area contributed by atoms with Gasteiger partial charge in [0.1, 0.15) is 5.82 Å². The Morgan fingerprint density at radius 2 is 1.95 bits per heavy atom. The molecule has 2 aromatic rings. The minimum atomic E-state index is -0.191. The highest BCUT2D eigenvalue weighted by atomic mass is 35.5. The van der Waals surface area contributed by atoms with Gasteiger partial charge in [0, 0.05) is 17.1 Å². The maximum Gasteiger partial charge on any atom is 0.126 e. The van der Waals surface area contributed by atoms with E-state index < -0.39 is 0 Å². The predicted molar refractivity (Wildman–Crippen MR) is 79.0 cm³/mol. The highest BCUT2D eigenvalue weighted by Gasteiger charge is 2.06. The van der Waals surface area contributed by atoms with E-state index >= 15 is 0 Å². The summed E-state index contributed by atoms with van der Waals surface area (Å²) in [7, 11) is 0. The molecule has 0 aliphatic heterocycles. The van der Waals surface area contributed by atoms with Crippen molar-refractivity contribution < 1.29 is 4.39 Å². The molecule has 0 atom stereocenters. The number of benzene rings is 2. The average Bonchev–Trinajstić information content (AvgIpc) is 2.40. The fraction of sp³-hybridized carbons (Fsp3) is 0.250. The highest BCUT2D eigenvalue weighted by molar-refractivity contribution is 6.33. The second-order valence-electron chi connectivity index (χ2n) is 4.56. The molecule has 0 spiro atoms. The number of nitrogens with one attached hydrogen (secondary N) is 1. The number of aryl methyl sites for hydroxylation is 1. The van der Waals surface area contributed by atoms with Gasteiger partial charge in [0.25, 0.3) is 0 Å². The number of hydrogen-bond acceptors (Lipinski definition) is 1. The van der Waals surface area contributed by atoms with Gasteiger partial charge in [-0.2, -0.15) is 0 Å². The van der Waals surface area contributed by atoms with Crippen molar-refractivity contribution in [3.63, 3.8) is 0 Å². The van der Waals surface area contributed by atoms with Crippen molar-refractivity contribution in [3.8, 4) is 11.1 Å². The molecule has 0 saturated carbocycles. The van der Waals surface area contributed by atoms with Crippen LogP contribution in [0, 0.1) is 12.7 Å². The smallest absolute Gasteiger partial charge is 0.126 e. The molecule has 19 heavy (non-hydrogen) atoms. The van der Waals surface area contributed by atoms with E-state index in [1.807, 2.05) is 24.3 Å². The molecule has 0 unspecified atom stereocenters. The van der Waals surface area contributed by atoms with Crippen LogP contribution in [0.25, 0.3) is 11.1 Å². The minimum Gasteiger partial charge on any atom is -0.313 e. The van der Waals surface area contributed by atoms with Crippen LogP contribution in [0.1, 0.15) is 18.1 Å². The summed E-state index contributed by atoms with van der Waals surface area (Å²) in [5.74, 6) is -0.191. The lowest BCUT2D eigenvalue weighted by Crippen LogP contribution is -2.11. The molecule has 3 heteroatoms. The van der Waals surface area contributed by atoms with Gasteiger partial charge in [0.2, 0.25) is 0 Å². The maximum absolute atomic E-state index is 13.3. The molecule has 100 valence electrons. The second kappa shape index (κ2) is 6.18. The average molecular weight is 278 g/mol. The van der Waals surface area contributed by atoms with Crippen molar-refractivity contribution in [2.45, 2.75) is 20.4 Å². The molecule has 2 aromatic carbocycles. The van der Waals surface area contributed by atoms with Crippen molar-refractivity contribution in [1.29, 1.82) is 0 Å². The van der Waals surface area contributed by atoms with E-state index in [9.17, 15) is 4.39 Å². The van der Waals surface area contributed by atoms with E-state index in [0.717, 1.165) is 29.8 Å². The van der Waals surface area contributed by atoms with Crippen LogP contribution < -0.4 is 5.32 Å². The molecule has 2 rings (SSSR count). The third-order valence-corrected chi connectivity index (χ3v) is 3.39. The van der Waals surface area contributed by atoms with E-state index in [4.69, 9.17) is 11.6 Å². The van der Waals surface area contributed by atoms with E-state index in [1.54, 1.807) is 13.0 Å². The molecule has 1 N–H and O–H groups in total.